The number of hydrogen-bond donors (Lipinski definition) is 2. The highest BCUT2D eigenvalue weighted by molar-refractivity contribution is 5.83. The molecule has 0 bridgehead atoms. The van der Waals surface area contributed by atoms with Crippen molar-refractivity contribution in [3.05, 3.63) is 0 Å². The monoisotopic (exact) mass is 272 g/mol. The van der Waals surface area contributed by atoms with Gasteiger partial charge in [0, 0.05) is 20.3 Å². The van der Waals surface area contributed by atoms with Gasteiger partial charge in [0.15, 0.2) is 0 Å². The van der Waals surface area contributed by atoms with Crippen molar-refractivity contribution in [3.8, 4) is 0 Å². The van der Waals surface area contributed by atoms with Gasteiger partial charge in [0.2, 0.25) is 5.91 Å². The second-order valence-electron chi connectivity index (χ2n) is 5.84. The fraction of sp³-hybridized carbons (Fsp3) is 0.929. The number of nitrogens with one attached hydrogen (secondary N) is 2. The molecule has 0 spiro atoms. The molecule has 1 saturated heterocycles. The van der Waals surface area contributed by atoms with Crippen LogP contribution < -0.4 is 10.6 Å². The van der Waals surface area contributed by atoms with Gasteiger partial charge >= 0.3 is 0 Å². The van der Waals surface area contributed by atoms with Crippen LogP contribution in [0.25, 0.3) is 0 Å². The van der Waals surface area contributed by atoms with E-state index in [4.69, 9.17) is 9.47 Å². The maximum absolute atomic E-state index is 12.5. The molecule has 0 aromatic heterocycles. The van der Waals surface area contributed by atoms with Crippen LogP contribution in [0.2, 0.25) is 0 Å². The highest BCUT2D eigenvalue weighted by atomic mass is 16.5. The number of piperidine rings is 1. The van der Waals surface area contributed by atoms with E-state index in [1.807, 2.05) is 20.8 Å². The van der Waals surface area contributed by atoms with E-state index < -0.39 is 0 Å². The third kappa shape index (κ3) is 4.75. The second-order valence-corrected chi connectivity index (χ2v) is 5.84. The van der Waals surface area contributed by atoms with Gasteiger partial charge in [0.05, 0.1) is 17.6 Å². The van der Waals surface area contributed by atoms with E-state index in [-0.39, 0.29) is 16.9 Å². The number of amides is 1. The molecule has 0 radical (unpaired) electrons. The summed E-state index contributed by atoms with van der Waals surface area (Å²) in [6.07, 6.45) is 1.64. The second kappa shape index (κ2) is 7.22. The smallest absolute Gasteiger partial charge is 0.228 e. The summed E-state index contributed by atoms with van der Waals surface area (Å²) in [5.74, 6) is 0.0867. The van der Waals surface area contributed by atoms with E-state index >= 15 is 0 Å². The number of carbonyl (C=O) groups is 1. The minimum Gasteiger partial charge on any atom is -0.384 e. The highest BCUT2D eigenvalue weighted by Crippen LogP contribution is 2.29. The van der Waals surface area contributed by atoms with Gasteiger partial charge in [-0.2, -0.15) is 0 Å². The number of carbonyl (C=O) groups excluding carboxylic acids is 1. The third-order valence-corrected chi connectivity index (χ3v) is 3.67. The third-order valence-electron chi connectivity index (χ3n) is 3.67. The van der Waals surface area contributed by atoms with Crippen LogP contribution in [0, 0.1) is 5.41 Å². The Balaban J connectivity index is 2.57. The average Bonchev–Trinajstić information content (AvgIpc) is 2.37. The number of rotatable bonds is 7. The summed E-state index contributed by atoms with van der Waals surface area (Å²) in [6.45, 7) is 9.33. The summed E-state index contributed by atoms with van der Waals surface area (Å²) in [7, 11) is 1.65. The fourth-order valence-electron chi connectivity index (χ4n) is 2.54. The van der Waals surface area contributed by atoms with Crippen LogP contribution >= 0.6 is 0 Å². The predicted octanol–water partition coefficient (Wildman–Crippen LogP) is 0.934. The number of hydrogen-bond acceptors (Lipinski definition) is 4. The summed E-state index contributed by atoms with van der Waals surface area (Å²) >= 11 is 0. The molecule has 1 rings (SSSR count). The molecule has 112 valence electrons. The van der Waals surface area contributed by atoms with Gasteiger partial charge in [0.25, 0.3) is 0 Å². The summed E-state index contributed by atoms with van der Waals surface area (Å²) in [5, 5.41) is 6.32. The van der Waals surface area contributed by atoms with Crippen molar-refractivity contribution in [3.63, 3.8) is 0 Å². The Morgan fingerprint density at radius 3 is 2.53 bits per heavy atom. The SMILES string of the molecule is CCOC(C)(C)CNC(=O)C1(COC)CCNCC1. The molecule has 1 amide bonds. The predicted molar refractivity (Wildman–Crippen MR) is 75.1 cm³/mol. The van der Waals surface area contributed by atoms with Gasteiger partial charge in [-0.1, -0.05) is 0 Å². The molecular formula is C14H28N2O3. The Labute approximate surface area is 116 Å². The summed E-state index contributed by atoms with van der Waals surface area (Å²) in [6, 6.07) is 0. The molecule has 1 aliphatic rings. The van der Waals surface area contributed by atoms with Gasteiger partial charge in [-0.15, -0.1) is 0 Å². The van der Waals surface area contributed by atoms with Crippen LogP contribution in [-0.2, 0) is 14.3 Å². The highest BCUT2D eigenvalue weighted by Gasteiger charge is 2.40. The normalized spacial score (nSPS) is 19.2. The first-order valence-corrected chi connectivity index (χ1v) is 7.08. The molecule has 1 heterocycles. The first-order chi connectivity index (χ1) is 8.96. The van der Waals surface area contributed by atoms with Crippen LogP contribution in [0.5, 0.6) is 0 Å². The van der Waals surface area contributed by atoms with Crippen molar-refractivity contribution in [2.45, 2.75) is 39.2 Å². The lowest BCUT2D eigenvalue weighted by Crippen LogP contribution is -2.52. The Hall–Kier alpha value is -0.650. The summed E-state index contributed by atoms with van der Waals surface area (Å²) in [5.41, 5.74) is -0.714. The van der Waals surface area contributed by atoms with Crippen molar-refractivity contribution in [2.75, 3.05) is 40.0 Å². The standard InChI is InChI=1S/C14H28N2O3/c1-5-19-13(2,3)10-16-12(17)14(11-18-4)6-8-15-9-7-14/h15H,5-11H2,1-4H3,(H,16,17). The zero-order chi connectivity index (χ0) is 14.4. The van der Waals surface area contributed by atoms with Gasteiger partial charge in [-0.05, 0) is 46.7 Å². The number of ether oxygens (including phenoxy) is 2. The van der Waals surface area contributed by atoms with Gasteiger partial charge < -0.3 is 20.1 Å². The molecule has 0 aliphatic carbocycles. The lowest BCUT2D eigenvalue weighted by molar-refractivity contribution is -0.137. The van der Waals surface area contributed by atoms with Crippen molar-refractivity contribution in [1.82, 2.24) is 10.6 Å². The van der Waals surface area contributed by atoms with Gasteiger partial charge in [-0.25, -0.2) is 0 Å². The number of methoxy groups -OCH3 is 1. The summed E-state index contributed by atoms with van der Waals surface area (Å²) in [4.78, 5) is 12.5. The molecule has 1 fully saturated rings. The molecule has 0 unspecified atom stereocenters. The Bertz CT molecular complexity index is 281. The zero-order valence-corrected chi connectivity index (χ0v) is 12.7. The zero-order valence-electron chi connectivity index (χ0n) is 12.7. The van der Waals surface area contributed by atoms with E-state index in [2.05, 4.69) is 10.6 Å². The Kier molecular flexibility index (Phi) is 6.23. The summed E-state index contributed by atoms with van der Waals surface area (Å²) < 4.78 is 10.9. The van der Waals surface area contributed by atoms with Crippen LogP contribution in [0.1, 0.15) is 33.6 Å². The molecule has 0 atom stereocenters. The van der Waals surface area contributed by atoms with Crippen molar-refractivity contribution < 1.29 is 14.3 Å². The van der Waals surface area contributed by atoms with Gasteiger partial charge in [0.1, 0.15) is 0 Å². The Morgan fingerprint density at radius 1 is 1.37 bits per heavy atom. The van der Waals surface area contributed by atoms with Crippen LogP contribution in [-0.4, -0.2) is 51.5 Å². The fourth-order valence-corrected chi connectivity index (χ4v) is 2.54. The minimum atomic E-state index is -0.387. The molecule has 1 aliphatic heterocycles. The van der Waals surface area contributed by atoms with Crippen molar-refractivity contribution >= 4 is 5.91 Å². The molecule has 0 aromatic carbocycles. The lowest BCUT2D eigenvalue weighted by Gasteiger charge is -2.36. The molecule has 0 aromatic rings. The van der Waals surface area contributed by atoms with E-state index in [0.717, 1.165) is 25.9 Å². The maximum atomic E-state index is 12.5. The average molecular weight is 272 g/mol. The molecule has 2 N–H and O–H groups in total. The van der Waals surface area contributed by atoms with E-state index in [1.54, 1.807) is 7.11 Å². The lowest BCUT2D eigenvalue weighted by atomic mass is 9.78. The molecular weight excluding hydrogens is 244 g/mol. The van der Waals surface area contributed by atoms with Crippen molar-refractivity contribution in [2.24, 2.45) is 5.41 Å². The molecule has 0 saturated carbocycles. The van der Waals surface area contributed by atoms with Crippen LogP contribution in [0.3, 0.4) is 0 Å². The quantitative estimate of drug-likeness (QED) is 0.724. The minimum absolute atomic E-state index is 0.0867. The van der Waals surface area contributed by atoms with Crippen LogP contribution in [0.4, 0.5) is 0 Å². The van der Waals surface area contributed by atoms with Gasteiger partial charge in [-0.3, -0.25) is 4.79 Å². The topological polar surface area (TPSA) is 59.6 Å². The van der Waals surface area contributed by atoms with E-state index in [0.29, 0.717) is 19.8 Å². The van der Waals surface area contributed by atoms with Crippen molar-refractivity contribution in [1.29, 1.82) is 0 Å². The first-order valence-electron chi connectivity index (χ1n) is 7.08. The van der Waals surface area contributed by atoms with E-state index in [1.165, 1.54) is 0 Å². The molecule has 5 nitrogen and oxygen atoms in total. The molecule has 5 heteroatoms. The largest absolute Gasteiger partial charge is 0.384 e. The first kappa shape index (κ1) is 16.4. The molecule has 19 heavy (non-hydrogen) atoms. The van der Waals surface area contributed by atoms with Crippen LogP contribution in [0.15, 0.2) is 0 Å². The Morgan fingerprint density at radius 2 is 2.00 bits per heavy atom. The van der Waals surface area contributed by atoms with E-state index in [9.17, 15) is 4.79 Å². The maximum Gasteiger partial charge on any atom is 0.228 e.